The minimum Gasteiger partial charge on any atom is -0.339 e. The quantitative estimate of drug-likeness (QED) is 0.649. The van der Waals surface area contributed by atoms with Gasteiger partial charge in [0, 0.05) is 17.1 Å². The van der Waals surface area contributed by atoms with Crippen LogP contribution < -0.4 is 5.84 Å². The van der Waals surface area contributed by atoms with Crippen LogP contribution in [0, 0.1) is 5.82 Å². The Hall–Kier alpha value is -2.36. The molecule has 0 aliphatic rings. The van der Waals surface area contributed by atoms with Crippen LogP contribution in [0.3, 0.4) is 0 Å². The summed E-state index contributed by atoms with van der Waals surface area (Å²) >= 11 is 0. The Morgan fingerprint density at radius 1 is 1.18 bits per heavy atom. The zero-order chi connectivity index (χ0) is 11.8. The van der Waals surface area contributed by atoms with E-state index in [1.54, 1.807) is 12.3 Å². The first kappa shape index (κ1) is 9.84. The third kappa shape index (κ3) is 1.45. The van der Waals surface area contributed by atoms with Gasteiger partial charge >= 0.3 is 0 Å². The Balaban J connectivity index is 2.32. The van der Waals surface area contributed by atoms with Crippen LogP contribution in [0.15, 0.2) is 48.8 Å². The van der Waals surface area contributed by atoms with Gasteiger partial charge in [0.2, 0.25) is 0 Å². The van der Waals surface area contributed by atoms with Crippen LogP contribution in [0.2, 0.25) is 0 Å². The highest BCUT2D eigenvalue weighted by Crippen LogP contribution is 2.27. The van der Waals surface area contributed by atoms with E-state index in [2.05, 4.69) is 4.98 Å². The van der Waals surface area contributed by atoms with Gasteiger partial charge in [-0.05, 0) is 18.2 Å². The fraction of sp³-hybridized carbons (Fsp3) is 0. The van der Waals surface area contributed by atoms with Gasteiger partial charge in [-0.15, -0.1) is 0 Å². The number of nitrogens with zero attached hydrogens (tertiary/aromatic N) is 2. The maximum absolute atomic E-state index is 13.7. The molecule has 2 N–H and O–H groups in total. The second-order valence-electron chi connectivity index (χ2n) is 3.81. The molecular formula is C13H10FN3. The summed E-state index contributed by atoms with van der Waals surface area (Å²) < 4.78 is 15.1. The Labute approximate surface area is 97.3 Å². The van der Waals surface area contributed by atoms with Gasteiger partial charge in [0.25, 0.3) is 0 Å². The maximum atomic E-state index is 13.7. The summed E-state index contributed by atoms with van der Waals surface area (Å²) in [7, 11) is 0. The number of benzene rings is 1. The van der Waals surface area contributed by atoms with Crippen molar-refractivity contribution in [3.8, 4) is 11.3 Å². The number of halogens is 1. The first-order valence-corrected chi connectivity index (χ1v) is 5.23. The minimum atomic E-state index is -0.373. The highest BCUT2D eigenvalue weighted by molar-refractivity contribution is 5.87. The number of hydrogen-bond donors (Lipinski definition) is 1. The summed E-state index contributed by atoms with van der Waals surface area (Å²) in [6.45, 7) is 0. The molecule has 0 saturated carbocycles. The number of nitrogen functional groups attached to an aromatic ring is 1. The molecule has 0 unspecified atom stereocenters. The highest BCUT2D eigenvalue weighted by Gasteiger charge is 2.11. The van der Waals surface area contributed by atoms with E-state index in [4.69, 9.17) is 5.84 Å². The molecule has 0 radical (unpaired) electrons. The Morgan fingerprint density at radius 3 is 2.76 bits per heavy atom. The molecule has 4 heteroatoms. The van der Waals surface area contributed by atoms with Gasteiger partial charge in [0.15, 0.2) is 5.82 Å². The fourth-order valence-electron chi connectivity index (χ4n) is 1.97. The van der Waals surface area contributed by atoms with Crippen molar-refractivity contribution in [1.82, 2.24) is 9.66 Å². The zero-order valence-electron chi connectivity index (χ0n) is 8.97. The van der Waals surface area contributed by atoms with E-state index in [-0.39, 0.29) is 5.82 Å². The van der Waals surface area contributed by atoms with Gasteiger partial charge in [-0.3, -0.25) is 9.66 Å². The van der Waals surface area contributed by atoms with Gasteiger partial charge in [0.1, 0.15) is 0 Å². The summed E-state index contributed by atoms with van der Waals surface area (Å²) in [6.07, 6.45) is 2.74. The molecule has 0 amide bonds. The molecule has 0 spiro atoms. The number of rotatable bonds is 1. The number of fused-ring (bicyclic) bond motifs is 1. The molecule has 84 valence electrons. The van der Waals surface area contributed by atoms with Gasteiger partial charge in [-0.2, -0.15) is 0 Å². The largest absolute Gasteiger partial charge is 0.339 e. The van der Waals surface area contributed by atoms with Crippen molar-refractivity contribution in [2.45, 2.75) is 0 Å². The number of aromatic nitrogens is 2. The molecule has 1 aromatic carbocycles. The molecule has 0 atom stereocenters. The van der Waals surface area contributed by atoms with Crippen molar-refractivity contribution in [3.05, 3.63) is 54.6 Å². The van der Waals surface area contributed by atoms with Crippen molar-refractivity contribution in [2.75, 3.05) is 5.84 Å². The monoisotopic (exact) mass is 227 g/mol. The van der Waals surface area contributed by atoms with E-state index < -0.39 is 0 Å². The molecule has 2 aromatic heterocycles. The van der Waals surface area contributed by atoms with E-state index in [1.165, 1.54) is 10.9 Å². The molecule has 0 saturated heterocycles. The second-order valence-corrected chi connectivity index (χ2v) is 3.81. The number of pyridine rings is 1. The maximum Gasteiger partial charge on any atom is 0.150 e. The first-order valence-electron chi connectivity index (χ1n) is 5.23. The van der Waals surface area contributed by atoms with Crippen molar-refractivity contribution in [3.63, 3.8) is 0 Å². The van der Waals surface area contributed by atoms with Crippen LogP contribution in [0.5, 0.6) is 0 Å². The molecule has 3 rings (SSSR count). The normalized spacial score (nSPS) is 10.9. The molecule has 3 nitrogen and oxygen atoms in total. The summed E-state index contributed by atoms with van der Waals surface area (Å²) in [5.41, 5.74) is 1.98. The summed E-state index contributed by atoms with van der Waals surface area (Å²) in [6, 6.07) is 11.2. The van der Waals surface area contributed by atoms with Crippen molar-refractivity contribution in [2.24, 2.45) is 0 Å². The van der Waals surface area contributed by atoms with Gasteiger partial charge in [-0.1, -0.05) is 18.2 Å². The molecule has 17 heavy (non-hydrogen) atoms. The summed E-state index contributed by atoms with van der Waals surface area (Å²) in [4.78, 5) is 3.73. The lowest BCUT2D eigenvalue weighted by molar-refractivity contribution is 0.624. The van der Waals surface area contributed by atoms with Crippen LogP contribution in [0.4, 0.5) is 4.39 Å². The SMILES string of the molecule is Nn1c(-c2ccncc2F)cc2ccccc21. The van der Waals surface area contributed by atoms with Crippen LogP contribution in [0.25, 0.3) is 22.2 Å². The van der Waals surface area contributed by atoms with E-state index in [1.807, 2.05) is 30.3 Å². The molecule has 2 heterocycles. The highest BCUT2D eigenvalue weighted by atomic mass is 19.1. The van der Waals surface area contributed by atoms with Gasteiger partial charge < -0.3 is 5.84 Å². The molecule has 0 aliphatic carbocycles. The smallest absolute Gasteiger partial charge is 0.150 e. The van der Waals surface area contributed by atoms with Gasteiger partial charge in [-0.25, -0.2) is 4.39 Å². The van der Waals surface area contributed by atoms with E-state index in [0.717, 1.165) is 10.9 Å². The lowest BCUT2D eigenvalue weighted by Gasteiger charge is -2.04. The minimum absolute atomic E-state index is 0.373. The van der Waals surface area contributed by atoms with E-state index in [0.29, 0.717) is 11.3 Å². The van der Waals surface area contributed by atoms with E-state index >= 15 is 0 Å². The zero-order valence-corrected chi connectivity index (χ0v) is 8.97. The standard InChI is InChI=1S/C13H10FN3/c14-11-8-16-6-5-10(11)13-7-9-3-1-2-4-12(9)17(13)15/h1-8H,15H2. The number of hydrogen-bond acceptors (Lipinski definition) is 2. The van der Waals surface area contributed by atoms with Crippen LogP contribution >= 0.6 is 0 Å². The third-order valence-electron chi connectivity index (χ3n) is 2.80. The Bertz CT molecular complexity index is 688. The predicted octanol–water partition coefficient (Wildman–Crippen LogP) is 2.56. The van der Waals surface area contributed by atoms with Crippen molar-refractivity contribution < 1.29 is 4.39 Å². The van der Waals surface area contributed by atoms with Crippen molar-refractivity contribution >= 4 is 10.9 Å². The third-order valence-corrected chi connectivity index (χ3v) is 2.80. The fourth-order valence-corrected chi connectivity index (χ4v) is 1.97. The van der Waals surface area contributed by atoms with Crippen molar-refractivity contribution in [1.29, 1.82) is 0 Å². The second kappa shape index (κ2) is 3.59. The summed E-state index contributed by atoms with van der Waals surface area (Å²) in [5, 5.41) is 0.987. The lowest BCUT2D eigenvalue weighted by Crippen LogP contribution is -2.09. The van der Waals surface area contributed by atoms with Gasteiger partial charge in [0.05, 0.1) is 17.4 Å². The first-order chi connectivity index (χ1) is 8.27. The van der Waals surface area contributed by atoms with E-state index in [9.17, 15) is 4.39 Å². The summed E-state index contributed by atoms with van der Waals surface area (Å²) in [5.74, 6) is 5.60. The number of nitrogens with two attached hydrogens (primary N) is 1. The van der Waals surface area contributed by atoms with Crippen LogP contribution in [0.1, 0.15) is 0 Å². The topological polar surface area (TPSA) is 43.8 Å². The number of para-hydroxylation sites is 1. The Morgan fingerprint density at radius 2 is 2.00 bits per heavy atom. The molecule has 0 bridgehead atoms. The lowest BCUT2D eigenvalue weighted by atomic mass is 10.2. The predicted molar refractivity (Wildman–Crippen MR) is 65.3 cm³/mol. The Kier molecular flexibility index (Phi) is 2.08. The molecule has 0 aliphatic heterocycles. The molecule has 0 fully saturated rings. The average Bonchev–Trinajstić information content (AvgIpc) is 2.68. The van der Waals surface area contributed by atoms with Crippen LogP contribution in [-0.4, -0.2) is 9.66 Å². The molecule has 3 aromatic rings. The van der Waals surface area contributed by atoms with Crippen LogP contribution in [-0.2, 0) is 0 Å². The molecular weight excluding hydrogens is 217 g/mol. The average molecular weight is 227 g/mol.